The zero-order valence-electron chi connectivity index (χ0n) is 26.3. The first kappa shape index (κ1) is 40.0. The summed E-state index contributed by atoms with van der Waals surface area (Å²) in [4.78, 5) is 34.4. The molecule has 0 heterocycles. The summed E-state index contributed by atoms with van der Waals surface area (Å²) in [6, 6.07) is 0. The molecule has 3 N–H and O–H groups in total. The highest BCUT2D eigenvalue weighted by molar-refractivity contribution is 7.47. The largest absolute Gasteiger partial charge is 0.472 e. The third-order valence-corrected chi connectivity index (χ3v) is 7.98. The van der Waals surface area contributed by atoms with Crippen LogP contribution in [0.15, 0.2) is 0 Å². The van der Waals surface area contributed by atoms with Crippen molar-refractivity contribution in [2.75, 3.05) is 26.4 Å². The van der Waals surface area contributed by atoms with E-state index < -0.39 is 26.5 Å². The number of phosphoric acid groups is 1. The molecule has 0 aliphatic carbocycles. The van der Waals surface area contributed by atoms with Gasteiger partial charge in [0.2, 0.25) is 0 Å². The highest BCUT2D eigenvalue weighted by atomic mass is 31.2. The number of carbonyl (C=O) groups is 2. The number of carbonyl (C=O) groups excluding carboxylic acids is 2. The van der Waals surface area contributed by atoms with E-state index >= 15 is 0 Å². The number of rotatable bonds is 31. The van der Waals surface area contributed by atoms with Crippen molar-refractivity contribution in [1.29, 1.82) is 0 Å². The molecule has 244 valence electrons. The summed E-state index contributed by atoms with van der Waals surface area (Å²) >= 11 is 0. The molecule has 10 heteroatoms. The van der Waals surface area contributed by atoms with Gasteiger partial charge in [0.05, 0.1) is 13.2 Å². The van der Waals surface area contributed by atoms with E-state index in [0.29, 0.717) is 6.42 Å². The predicted octanol–water partition coefficient (Wildman–Crippen LogP) is 8.16. The normalized spacial score (nSPS) is 13.6. The van der Waals surface area contributed by atoms with Crippen LogP contribution >= 0.6 is 7.82 Å². The van der Waals surface area contributed by atoms with E-state index in [1.807, 2.05) is 0 Å². The Labute approximate surface area is 250 Å². The van der Waals surface area contributed by atoms with Crippen LogP contribution in [0.4, 0.5) is 0 Å². The van der Waals surface area contributed by atoms with Crippen molar-refractivity contribution in [1.82, 2.24) is 0 Å². The number of nitrogens with two attached hydrogens (primary N) is 1. The third-order valence-electron chi connectivity index (χ3n) is 6.99. The molecule has 0 aromatic heterocycles. The van der Waals surface area contributed by atoms with Crippen LogP contribution in [0.1, 0.15) is 155 Å². The zero-order valence-corrected chi connectivity index (χ0v) is 27.2. The summed E-state index contributed by atoms with van der Waals surface area (Å²) in [5.74, 6) is -0.827. The summed E-state index contributed by atoms with van der Waals surface area (Å²) in [5, 5.41) is 0. The van der Waals surface area contributed by atoms with Crippen molar-refractivity contribution < 1.29 is 37.6 Å². The van der Waals surface area contributed by atoms with Gasteiger partial charge in [0, 0.05) is 19.4 Å². The van der Waals surface area contributed by atoms with E-state index in [2.05, 4.69) is 13.8 Å². The molecule has 9 nitrogen and oxygen atoms in total. The lowest BCUT2D eigenvalue weighted by atomic mass is 10.1. The number of phosphoric ester groups is 1. The number of esters is 2. The van der Waals surface area contributed by atoms with Crippen LogP contribution in [0.5, 0.6) is 0 Å². The van der Waals surface area contributed by atoms with Crippen LogP contribution in [-0.4, -0.2) is 49.3 Å². The quantitative estimate of drug-likeness (QED) is 0.0454. The number of unbranched alkanes of at least 4 members (excludes halogenated alkanes) is 18. The molecular weight excluding hydrogens is 545 g/mol. The molecule has 0 rings (SSSR count). The number of hydrogen-bond donors (Lipinski definition) is 2. The predicted molar refractivity (Wildman–Crippen MR) is 165 cm³/mol. The second-order valence-corrected chi connectivity index (χ2v) is 12.5. The van der Waals surface area contributed by atoms with E-state index in [-0.39, 0.29) is 38.6 Å². The second-order valence-electron chi connectivity index (χ2n) is 11.0. The van der Waals surface area contributed by atoms with Gasteiger partial charge in [-0.2, -0.15) is 0 Å². The highest BCUT2D eigenvalue weighted by Gasteiger charge is 2.25. The van der Waals surface area contributed by atoms with Crippen LogP contribution in [0.2, 0.25) is 0 Å². The van der Waals surface area contributed by atoms with Crippen molar-refractivity contribution in [2.24, 2.45) is 5.73 Å². The van der Waals surface area contributed by atoms with Gasteiger partial charge < -0.3 is 20.1 Å². The van der Waals surface area contributed by atoms with Crippen molar-refractivity contribution in [2.45, 2.75) is 161 Å². The molecule has 0 fully saturated rings. The fourth-order valence-corrected chi connectivity index (χ4v) is 5.28. The first-order chi connectivity index (χ1) is 19.8. The summed E-state index contributed by atoms with van der Waals surface area (Å²) in [5.41, 5.74) is 5.30. The van der Waals surface area contributed by atoms with E-state index in [0.717, 1.165) is 32.1 Å². The van der Waals surface area contributed by atoms with Gasteiger partial charge in [-0.3, -0.25) is 18.6 Å². The Hall–Kier alpha value is -0.990. The summed E-state index contributed by atoms with van der Waals surface area (Å²) in [7, 11) is -4.35. The van der Waals surface area contributed by atoms with Crippen molar-refractivity contribution in [3.05, 3.63) is 0 Å². The van der Waals surface area contributed by atoms with E-state index in [4.69, 9.17) is 24.3 Å². The molecule has 2 unspecified atom stereocenters. The van der Waals surface area contributed by atoms with Crippen molar-refractivity contribution in [3.8, 4) is 0 Å². The van der Waals surface area contributed by atoms with Gasteiger partial charge in [0.25, 0.3) is 0 Å². The van der Waals surface area contributed by atoms with E-state index in [9.17, 15) is 19.0 Å². The van der Waals surface area contributed by atoms with Gasteiger partial charge >= 0.3 is 19.8 Å². The molecule has 0 aromatic carbocycles. The molecule has 2 atom stereocenters. The highest BCUT2D eigenvalue weighted by Crippen LogP contribution is 2.43. The average Bonchev–Trinajstić information content (AvgIpc) is 2.95. The van der Waals surface area contributed by atoms with E-state index in [1.54, 1.807) is 0 Å². The van der Waals surface area contributed by atoms with Crippen molar-refractivity contribution >= 4 is 19.8 Å². The maximum Gasteiger partial charge on any atom is 0.472 e. The minimum atomic E-state index is -4.35. The monoisotopic (exact) mass is 607 g/mol. The molecule has 41 heavy (non-hydrogen) atoms. The Kier molecular flexibility index (Phi) is 28.4. The lowest BCUT2D eigenvalue weighted by Crippen LogP contribution is -2.29. The summed E-state index contributed by atoms with van der Waals surface area (Å²) in [6.07, 6.45) is 22.8. The van der Waals surface area contributed by atoms with E-state index in [1.165, 1.54) is 89.9 Å². The van der Waals surface area contributed by atoms with Gasteiger partial charge in [-0.15, -0.1) is 0 Å². The molecule has 0 aliphatic rings. The number of hydrogen-bond acceptors (Lipinski definition) is 8. The molecule has 0 bridgehead atoms. The van der Waals surface area contributed by atoms with Crippen molar-refractivity contribution in [3.63, 3.8) is 0 Å². The first-order valence-electron chi connectivity index (χ1n) is 16.5. The summed E-state index contributed by atoms with van der Waals surface area (Å²) < 4.78 is 32.4. The Morgan fingerprint density at radius 2 is 1.05 bits per heavy atom. The third kappa shape index (κ3) is 28.9. The maximum absolute atomic E-state index is 12.4. The average molecular weight is 608 g/mol. The van der Waals surface area contributed by atoms with Gasteiger partial charge in [-0.05, 0) is 12.8 Å². The van der Waals surface area contributed by atoms with Gasteiger partial charge in [-0.1, -0.05) is 129 Å². The Balaban J connectivity index is 4.29. The first-order valence-corrected chi connectivity index (χ1v) is 18.0. The fraction of sp³-hybridized carbons (Fsp3) is 0.935. The molecule has 0 aliphatic heterocycles. The molecular formula is C31H62NO8P. The van der Waals surface area contributed by atoms with Crippen LogP contribution in [0, 0.1) is 0 Å². The molecule has 0 aromatic rings. The van der Waals surface area contributed by atoms with Crippen LogP contribution in [0.25, 0.3) is 0 Å². The molecule has 0 spiro atoms. The van der Waals surface area contributed by atoms with Gasteiger partial charge in [0.15, 0.2) is 6.10 Å². The Bertz CT molecular complexity index is 664. The lowest BCUT2D eigenvalue weighted by Gasteiger charge is -2.19. The van der Waals surface area contributed by atoms with Gasteiger partial charge in [0.1, 0.15) is 6.61 Å². The molecule has 0 amide bonds. The van der Waals surface area contributed by atoms with Gasteiger partial charge in [-0.25, -0.2) is 4.57 Å². The minimum Gasteiger partial charge on any atom is -0.462 e. The van der Waals surface area contributed by atoms with Crippen LogP contribution < -0.4 is 5.73 Å². The lowest BCUT2D eigenvalue weighted by molar-refractivity contribution is -0.161. The Morgan fingerprint density at radius 3 is 1.49 bits per heavy atom. The molecule has 0 saturated carbocycles. The number of ether oxygens (including phenoxy) is 2. The molecule has 0 saturated heterocycles. The summed E-state index contributed by atoms with van der Waals surface area (Å²) in [6.45, 7) is 3.69. The Morgan fingerprint density at radius 1 is 0.634 bits per heavy atom. The minimum absolute atomic E-state index is 0.0573. The SMILES string of the molecule is CCCCCCCCCCCCC(=O)OCC(COP(=O)(O)OCCN)OC(=O)CCCCCCCCCCCC. The standard InChI is InChI=1S/C31H62NO8P/c1-3-5-7-9-11-13-15-17-19-21-23-30(33)37-27-29(28-39-41(35,36)38-26-25-32)40-31(34)24-22-20-18-16-14-12-10-8-6-4-2/h29H,3-28,32H2,1-2H3,(H,35,36). The smallest absolute Gasteiger partial charge is 0.462 e. The molecule has 0 radical (unpaired) electrons. The zero-order chi connectivity index (χ0) is 30.4. The topological polar surface area (TPSA) is 134 Å². The maximum atomic E-state index is 12.4. The second kappa shape index (κ2) is 29.1. The van der Waals surface area contributed by atoms with Crippen LogP contribution in [-0.2, 0) is 32.7 Å². The van der Waals surface area contributed by atoms with Crippen LogP contribution in [0.3, 0.4) is 0 Å². The fourth-order valence-electron chi connectivity index (χ4n) is 4.52.